The van der Waals surface area contributed by atoms with Crippen LogP contribution in [0.2, 0.25) is 0 Å². The number of aryl methyl sites for hydroxylation is 1. The van der Waals surface area contributed by atoms with Gasteiger partial charge in [-0.3, -0.25) is 9.59 Å². The second-order valence-corrected chi connectivity index (χ2v) is 4.93. The highest BCUT2D eigenvalue weighted by Gasteiger charge is 2.17. The summed E-state index contributed by atoms with van der Waals surface area (Å²) >= 11 is 0. The molecule has 0 saturated heterocycles. The highest BCUT2D eigenvalue weighted by molar-refractivity contribution is 5.90. The van der Waals surface area contributed by atoms with Crippen LogP contribution in [0.25, 0.3) is 0 Å². The van der Waals surface area contributed by atoms with Crippen molar-refractivity contribution >= 4 is 11.6 Å². The number of hydrogen-bond acceptors (Lipinski definition) is 4. The van der Waals surface area contributed by atoms with Gasteiger partial charge in [-0.1, -0.05) is 0 Å². The van der Waals surface area contributed by atoms with Crippen molar-refractivity contribution in [3.8, 4) is 6.07 Å². The van der Waals surface area contributed by atoms with Crippen molar-refractivity contribution in [1.82, 2.24) is 9.78 Å². The normalized spacial score (nSPS) is 10.3. The van der Waals surface area contributed by atoms with E-state index in [1.165, 1.54) is 0 Å². The minimum atomic E-state index is -1.72. The van der Waals surface area contributed by atoms with Crippen LogP contribution in [0.15, 0.2) is 16.9 Å². The molecule has 24 heavy (non-hydrogen) atoms. The molecule has 2 rings (SSSR count). The number of anilines is 1. The molecule has 2 aromatic rings. The van der Waals surface area contributed by atoms with Gasteiger partial charge in [0.05, 0.1) is 11.4 Å². The number of halogens is 3. The summed E-state index contributed by atoms with van der Waals surface area (Å²) in [7, 11) is 0. The number of nitrogens with zero attached hydrogens (tertiary/aromatic N) is 3. The molecule has 1 aromatic heterocycles. The zero-order valence-electron chi connectivity index (χ0n) is 12.7. The summed E-state index contributed by atoms with van der Waals surface area (Å²) in [5.74, 6) is -5.56. The lowest BCUT2D eigenvalue weighted by Gasteiger charge is -2.10. The van der Waals surface area contributed by atoms with Gasteiger partial charge >= 0.3 is 0 Å². The first-order chi connectivity index (χ1) is 11.3. The Morgan fingerprint density at radius 2 is 1.96 bits per heavy atom. The third kappa shape index (κ3) is 3.12. The third-order valence-electron chi connectivity index (χ3n) is 3.35. The van der Waals surface area contributed by atoms with Crippen LogP contribution >= 0.6 is 0 Å². The maximum Gasteiger partial charge on any atom is 0.285 e. The lowest BCUT2D eigenvalue weighted by molar-refractivity contribution is -0.117. The van der Waals surface area contributed by atoms with E-state index in [1.54, 1.807) is 19.9 Å². The van der Waals surface area contributed by atoms with Crippen LogP contribution in [0, 0.1) is 42.6 Å². The molecule has 9 heteroatoms. The summed E-state index contributed by atoms with van der Waals surface area (Å²) < 4.78 is 40.2. The van der Waals surface area contributed by atoms with E-state index >= 15 is 0 Å². The van der Waals surface area contributed by atoms with E-state index in [0.717, 1.165) is 10.7 Å². The molecule has 0 aliphatic rings. The number of amides is 1. The first kappa shape index (κ1) is 17.2. The second kappa shape index (κ2) is 6.54. The van der Waals surface area contributed by atoms with E-state index in [1.807, 2.05) is 5.32 Å². The molecule has 0 aliphatic heterocycles. The Bertz CT molecular complexity index is 932. The van der Waals surface area contributed by atoms with Crippen LogP contribution in [-0.4, -0.2) is 15.7 Å². The van der Waals surface area contributed by atoms with Crippen LogP contribution < -0.4 is 10.9 Å². The molecule has 1 N–H and O–H groups in total. The second-order valence-electron chi connectivity index (χ2n) is 4.93. The molecule has 0 fully saturated rings. The van der Waals surface area contributed by atoms with Crippen LogP contribution in [0.4, 0.5) is 18.9 Å². The topological polar surface area (TPSA) is 87.8 Å². The molecule has 124 valence electrons. The maximum absolute atomic E-state index is 13.5. The Balaban J connectivity index is 2.29. The van der Waals surface area contributed by atoms with E-state index < -0.39 is 41.2 Å². The Hall–Kier alpha value is -3.15. The highest BCUT2D eigenvalue weighted by Crippen LogP contribution is 2.19. The highest BCUT2D eigenvalue weighted by atomic mass is 19.2. The van der Waals surface area contributed by atoms with Crippen LogP contribution in [-0.2, 0) is 11.3 Å². The van der Waals surface area contributed by atoms with Crippen molar-refractivity contribution in [2.45, 2.75) is 20.4 Å². The zero-order chi connectivity index (χ0) is 18.0. The molecule has 0 unspecified atom stereocenters. The number of benzene rings is 1. The molecule has 0 saturated carbocycles. The molecule has 0 bridgehead atoms. The molecule has 1 aromatic carbocycles. The van der Waals surface area contributed by atoms with Gasteiger partial charge in [0.25, 0.3) is 5.56 Å². The van der Waals surface area contributed by atoms with Gasteiger partial charge in [0.15, 0.2) is 17.5 Å². The van der Waals surface area contributed by atoms with E-state index in [0.29, 0.717) is 17.3 Å². The number of nitriles is 1. The summed E-state index contributed by atoms with van der Waals surface area (Å²) in [6.07, 6.45) is 0. The van der Waals surface area contributed by atoms with Gasteiger partial charge in [-0.25, -0.2) is 17.9 Å². The number of nitrogens with one attached hydrogen (secondary N) is 1. The van der Waals surface area contributed by atoms with Gasteiger partial charge < -0.3 is 5.32 Å². The monoisotopic (exact) mass is 336 g/mol. The number of rotatable bonds is 3. The fourth-order valence-corrected chi connectivity index (χ4v) is 1.96. The Kier molecular flexibility index (Phi) is 4.69. The fraction of sp³-hybridized carbons (Fsp3) is 0.200. The first-order valence-corrected chi connectivity index (χ1v) is 6.68. The molecular weight excluding hydrogens is 325 g/mol. The quantitative estimate of drug-likeness (QED) is 0.866. The molecule has 0 radical (unpaired) electrons. The van der Waals surface area contributed by atoms with Gasteiger partial charge in [-0.2, -0.15) is 10.4 Å². The van der Waals surface area contributed by atoms with Gasteiger partial charge in [0.2, 0.25) is 5.91 Å². The van der Waals surface area contributed by atoms with Crippen molar-refractivity contribution in [3.05, 3.63) is 56.8 Å². The summed E-state index contributed by atoms with van der Waals surface area (Å²) in [4.78, 5) is 23.9. The Morgan fingerprint density at radius 3 is 2.58 bits per heavy atom. The fourth-order valence-electron chi connectivity index (χ4n) is 1.96. The molecule has 0 atom stereocenters. The zero-order valence-corrected chi connectivity index (χ0v) is 12.7. The summed E-state index contributed by atoms with van der Waals surface area (Å²) in [5.41, 5.74) is -0.740. The summed E-state index contributed by atoms with van der Waals surface area (Å²) in [6, 6.07) is 3.24. The summed E-state index contributed by atoms with van der Waals surface area (Å²) in [5, 5.41) is 14.9. The van der Waals surface area contributed by atoms with Gasteiger partial charge in [-0.05, 0) is 31.5 Å². The summed E-state index contributed by atoms with van der Waals surface area (Å²) in [6.45, 7) is 2.48. The van der Waals surface area contributed by atoms with Crippen molar-refractivity contribution in [3.63, 3.8) is 0 Å². The number of aromatic nitrogens is 2. The van der Waals surface area contributed by atoms with E-state index in [9.17, 15) is 22.8 Å². The number of carbonyl (C=O) groups excluding carboxylic acids is 1. The minimum Gasteiger partial charge on any atom is -0.322 e. The number of carbonyl (C=O) groups is 1. The van der Waals surface area contributed by atoms with Crippen molar-refractivity contribution in [2.75, 3.05) is 5.32 Å². The van der Waals surface area contributed by atoms with Gasteiger partial charge in [0.1, 0.15) is 18.2 Å². The smallest absolute Gasteiger partial charge is 0.285 e. The largest absolute Gasteiger partial charge is 0.322 e. The van der Waals surface area contributed by atoms with Crippen LogP contribution in [0.5, 0.6) is 0 Å². The predicted molar refractivity (Wildman–Crippen MR) is 77.6 cm³/mol. The maximum atomic E-state index is 13.5. The van der Waals surface area contributed by atoms with Gasteiger partial charge in [-0.15, -0.1) is 0 Å². The number of hydrogen-bond donors (Lipinski definition) is 1. The van der Waals surface area contributed by atoms with Gasteiger partial charge in [0, 0.05) is 0 Å². The molecular formula is C15H11F3N4O2. The molecule has 6 nitrogen and oxygen atoms in total. The van der Waals surface area contributed by atoms with E-state index in [4.69, 9.17) is 5.26 Å². The SMILES string of the molecule is Cc1nn(CC(=O)Nc2ccc(F)c(F)c2F)c(=O)c(C#N)c1C. The average Bonchev–Trinajstić information content (AvgIpc) is 2.54. The first-order valence-electron chi connectivity index (χ1n) is 6.68. The minimum absolute atomic E-state index is 0.158. The predicted octanol–water partition coefficient (Wildman–Crippen LogP) is 1.79. The Morgan fingerprint density at radius 1 is 1.29 bits per heavy atom. The third-order valence-corrected chi connectivity index (χ3v) is 3.35. The molecule has 0 spiro atoms. The lowest BCUT2D eigenvalue weighted by atomic mass is 10.1. The van der Waals surface area contributed by atoms with E-state index in [-0.39, 0.29) is 5.56 Å². The Labute approximate surface area is 134 Å². The van der Waals surface area contributed by atoms with Crippen molar-refractivity contribution < 1.29 is 18.0 Å². The van der Waals surface area contributed by atoms with E-state index in [2.05, 4.69) is 5.10 Å². The molecule has 0 aliphatic carbocycles. The average molecular weight is 336 g/mol. The molecule has 1 heterocycles. The van der Waals surface area contributed by atoms with Crippen LogP contribution in [0.1, 0.15) is 16.8 Å². The standard InChI is InChI=1S/C15H11F3N4O2/c1-7-8(2)21-22(15(24)9(7)5-19)6-12(23)20-11-4-3-10(16)13(17)14(11)18/h3-4H,6H2,1-2H3,(H,20,23). The lowest BCUT2D eigenvalue weighted by Crippen LogP contribution is -2.32. The van der Waals surface area contributed by atoms with Crippen molar-refractivity contribution in [1.29, 1.82) is 5.26 Å². The van der Waals surface area contributed by atoms with Crippen LogP contribution in [0.3, 0.4) is 0 Å². The molecule has 1 amide bonds. The van der Waals surface area contributed by atoms with Crippen molar-refractivity contribution in [2.24, 2.45) is 0 Å².